The summed E-state index contributed by atoms with van der Waals surface area (Å²) in [5.74, 6) is -0.0775. The summed E-state index contributed by atoms with van der Waals surface area (Å²) in [5.41, 5.74) is -0.364. The molecule has 0 aliphatic heterocycles. The Labute approximate surface area is 141 Å². The van der Waals surface area contributed by atoms with Crippen LogP contribution >= 0.6 is 17.0 Å². The zero-order valence-electron chi connectivity index (χ0n) is 14.7. The summed E-state index contributed by atoms with van der Waals surface area (Å²) < 4.78 is 11.4. The van der Waals surface area contributed by atoms with Crippen LogP contribution < -0.4 is 0 Å². The van der Waals surface area contributed by atoms with E-state index in [0.29, 0.717) is 6.42 Å². The summed E-state index contributed by atoms with van der Waals surface area (Å²) in [7, 11) is 6.25. The average Bonchev–Trinajstić information content (AvgIpc) is 2.26. The summed E-state index contributed by atoms with van der Waals surface area (Å²) in [6, 6.07) is 0. The van der Waals surface area contributed by atoms with Gasteiger partial charge in [0.1, 0.15) is 5.60 Å². The van der Waals surface area contributed by atoms with Crippen LogP contribution in [0.15, 0.2) is 0 Å². The number of carbonyl (C=O) groups is 1. The first-order chi connectivity index (χ1) is 9.16. The second kappa shape index (κ2) is 11.4. The first kappa shape index (κ1) is 23.1. The lowest BCUT2D eigenvalue weighted by Gasteiger charge is -2.29. The van der Waals surface area contributed by atoms with Crippen LogP contribution in [-0.2, 0) is 14.3 Å². The van der Waals surface area contributed by atoms with Gasteiger partial charge < -0.3 is 14.0 Å². The number of hydrogen-bond donors (Lipinski definition) is 0. The van der Waals surface area contributed by atoms with Crippen LogP contribution in [0.4, 0.5) is 0 Å². The third-order valence-corrected chi connectivity index (χ3v) is 3.18. The van der Waals surface area contributed by atoms with Crippen molar-refractivity contribution < 1.29 is 18.8 Å². The van der Waals surface area contributed by atoms with Gasteiger partial charge in [-0.05, 0) is 40.0 Å². The van der Waals surface area contributed by atoms with E-state index in [-0.39, 0.29) is 28.6 Å². The summed E-state index contributed by atoms with van der Waals surface area (Å²) in [4.78, 5) is 11.6. The predicted molar refractivity (Wildman–Crippen MR) is 93.0 cm³/mol. The van der Waals surface area contributed by atoms with E-state index in [4.69, 9.17) is 9.47 Å². The maximum absolute atomic E-state index is 11.6. The van der Waals surface area contributed by atoms with Gasteiger partial charge in [0.25, 0.3) is 0 Å². The summed E-state index contributed by atoms with van der Waals surface area (Å²) in [6.45, 7) is 8.85. The number of esters is 1. The Bertz CT molecular complexity index is 275. The Morgan fingerprint density at radius 2 is 1.57 bits per heavy atom. The molecule has 0 atom stereocenters. The van der Waals surface area contributed by atoms with Gasteiger partial charge in [0, 0.05) is 20.0 Å². The lowest BCUT2D eigenvalue weighted by molar-refractivity contribution is -0.890. The van der Waals surface area contributed by atoms with E-state index < -0.39 is 0 Å². The molecule has 0 N–H and O–H groups in total. The maximum Gasteiger partial charge on any atom is 0.306 e. The molecule has 0 saturated carbocycles. The largest absolute Gasteiger partial charge is 0.460 e. The number of methoxy groups -OCH3 is 1. The summed E-state index contributed by atoms with van der Waals surface area (Å²) >= 11 is 0. The Hall–Kier alpha value is -0.130. The lowest BCUT2D eigenvalue weighted by atomic mass is 10.1. The number of ether oxygens (including phenoxy) is 2. The molecule has 0 amide bonds. The Morgan fingerprint density at radius 3 is 2.10 bits per heavy atom. The first-order valence-corrected chi connectivity index (χ1v) is 7.69. The molecule has 0 saturated heterocycles. The van der Waals surface area contributed by atoms with E-state index in [2.05, 4.69) is 14.1 Å². The number of rotatable bonds is 10. The van der Waals surface area contributed by atoms with Gasteiger partial charge in [-0.2, -0.15) is 0 Å². The summed E-state index contributed by atoms with van der Waals surface area (Å²) in [6.07, 6.45) is 4.80. The fraction of sp³-hybridized carbons (Fsp3) is 0.938. The fourth-order valence-electron chi connectivity index (χ4n) is 2.13. The molecule has 0 spiro atoms. The monoisotopic (exact) mass is 368 g/mol. The number of quaternary nitrogens is 1. The smallest absolute Gasteiger partial charge is 0.306 e. The molecule has 0 rings (SSSR count). The Kier molecular flexibility index (Phi) is 12.6. The van der Waals surface area contributed by atoms with Crippen LogP contribution in [0.3, 0.4) is 0 Å². The molecule has 4 nitrogen and oxygen atoms in total. The van der Waals surface area contributed by atoms with Gasteiger partial charge in [0.2, 0.25) is 0 Å². The van der Waals surface area contributed by atoms with Crippen LogP contribution in [0.25, 0.3) is 0 Å². The van der Waals surface area contributed by atoms with E-state index in [9.17, 15) is 4.79 Å². The average molecular weight is 369 g/mol. The Balaban J connectivity index is 0. The minimum Gasteiger partial charge on any atom is -0.460 e. The fourth-order valence-corrected chi connectivity index (χ4v) is 2.13. The zero-order valence-corrected chi connectivity index (χ0v) is 16.5. The highest BCUT2D eigenvalue weighted by molar-refractivity contribution is 8.93. The van der Waals surface area contributed by atoms with Crippen molar-refractivity contribution in [2.75, 3.05) is 40.9 Å². The molecule has 0 aromatic heterocycles. The highest BCUT2D eigenvalue weighted by atomic mass is 79.9. The van der Waals surface area contributed by atoms with Gasteiger partial charge in [-0.15, -0.1) is 17.0 Å². The third-order valence-electron chi connectivity index (χ3n) is 3.18. The molecule has 0 unspecified atom stereocenters. The van der Waals surface area contributed by atoms with E-state index in [1.807, 2.05) is 20.8 Å². The molecule has 0 fully saturated rings. The molecular formula is C16H35BrNO3+. The highest BCUT2D eigenvalue weighted by Gasteiger charge is 2.16. The summed E-state index contributed by atoms with van der Waals surface area (Å²) in [5, 5.41) is 0. The highest BCUT2D eigenvalue weighted by Crippen LogP contribution is 2.11. The Morgan fingerprint density at radius 1 is 1.00 bits per heavy atom. The van der Waals surface area contributed by atoms with Gasteiger partial charge in [-0.25, -0.2) is 0 Å². The molecule has 21 heavy (non-hydrogen) atoms. The molecule has 0 aliphatic rings. The number of hydrogen-bond acceptors (Lipinski definition) is 3. The van der Waals surface area contributed by atoms with Crippen molar-refractivity contribution in [1.29, 1.82) is 0 Å². The van der Waals surface area contributed by atoms with Crippen LogP contribution in [0.1, 0.15) is 52.9 Å². The minimum atomic E-state index is -0.364. The standard InChI is InChI=1S/C16H34NO3.BrH/c1-16(2,3)20-15(18)11-8-7-9-12-17(4,5)13-10-14-19-6;/h7-14H2,1-6H3;1H/q+1;. The zero-order chi connectivity index (χ0) is 15.6. The van der Waals surface area contributed by atoms with Crippen molar-refractivity contribution in [2.24, 2.45) is 0 Å². The van der Waals surface area contributed by atoms with Crippen molar-refractivity contribution in [3.63, 3.8) is 0 Å². The van der Waals surface area contributed by atoms with Gasteiger partial charge in [0.05, 0.1) is 33.8 Å². The second-order valence-corrected chi connectivity index (χ2v) is 7.13. The van der Waals surface area contributed by atoms with E-state index >= 15 is 0 Å². The SMILES string of the molecule is Br.COCCC[N+](C)(C)CCCCCC(=O)OC(C)(C)C. The minimum absolute atomic E-state index is 0. The number of halogens is 1. The molecule has 0 heterocycles. The normalized spacial score (nSPS) is 11.9. The van der Waals surface area contributed by atoms with E-state index in [0.717, 1.165) is 49.9 Å². The molecule has 0 aliphatic carbocycles. The molecular weight excluding hydrogens is 334 g/mol. The molecule has 0 radical (unpaired) electrons. The van der Waals surface area contributed by atoms with Crippen molar-refractivity contribution in [3.8, 4) is 0 Å². The van der Waals surface area contributed by atoms with E-state index in [1.165, 1.54) is 0 Å². The van der Waals surface area contributed by atoms with Crippen molar-refractivity contribution in [2.45, 2.75) is 58.5 Å². The topological polar surface area (TPSA) is 35.5 Å². The third kappa shape index (κ3) is 16.1. The van der Waals surface area contributed by atoms with Crippen molar-refractivity contribution in [3.05, 3.63) is 0 Å². The molecule has 128 valence electrons. The molecule has 0 aromatic rings. The van der Waals surface area contributed by atoms with Crippen LogP contribution in [0.2, 0.25) is 0 Å². The second-order valence-electron chi connectivity index (χ2n) is 7.13. The van der Waals surface area contributed by atoms with Gasteiger partial charge in [-0.3, -0.25) is 4.79 Å². The molecule has 5 heteroatoms. The molecule has 0 bridgehead atoms. The first-order valence-electron chi connectivity index (χ1n) is 7.69. The van der Waals surface area contributed by atoms with Crippen molar-refractivity contribution in [1.82, 2.24) is 0 Å². The number of carbonyl (C=O) groups excluding carboxylic acids is 1. The van der Waals surface area contributed by atoms with Crippen LogP contribution in [0, 0.1) is 0 Å². The number of unbranched alkanes of at least 4 members (excludes halogenated alkanes) is 2. The van der Waals surface area contributed by atoms with Crippen molar-refractivity contribution >= 4 is 23.0 Å². The molecule has 0 aromatic carbocycles. The number of nitrogens with zero attached hydrogens (tertiary/aromatic N) is 1. The van der Waals surface area contributed by atoms with Gasteiger partial charge >= 0.3 is 5.97 Å². The van der Waals surface area contributed by atoms with Crippen LogP contribution in [0.5, 0.6) is 0 Å². The van der Waals surface area contributed by atoms with E-state index in [1.54, 1.807) is 7.11 Å². The lowest BCUT2D eigenvalue weighted by Crippen LogP contribution is -2.41. The maximum atomic E-state index is 11.6. The van der Waals surface area contributed by atoms with Gasteiger partial charge in [0.15, 0.2) is 0 Å². The van der Waals surface area contributed by atoms with Crippen LogP contribution in [-0.4, -0.2) is 57.0 Å². The predicted octanol–water partition coefficient (Wildman–Crippen LogP) is 3.58. The quantitative estimate of drug-likeness (QED) is 0.335. The van der Waals surface area contributed by atoms with Gasteiger partial charge in [-0.1, -0.05) is 0 Å².